The molecular weight excluding hydrogens is 226 g/mol. The number of carbonyl (C=O) groups is 1. The van der Waals surface area contributed by atoms with Crippen molar-refractivity contribution in [3.8, 4) is 0 Å². The summed E-state index contributed by atoms with van der Waals surface area (Å²) in [4.78, 5) is 13.8. The number of fused-ring (bicyclic) bond motifs is 1. The fourth-order valence-electron chi connectivity index (χ4n) is 2.36. The van der Waals surface area contributed by atoms with E-state index in [1.165, 1.54) is 5.56 Å². The van der Waals surface area contributed by atoms with Gasteiger partial charge in [-0.05, 0) is 50.2 Å². The minimum Gasteiger partial charge on any atom is -0.330 e. The zero-order chi connectivity index (χ0) is 13.0. The van der Waals surface area contributed by atoms with E-state index in [1.54, 1.807) is 0 Å². The van der Waals surface area contributed by atoms with Gasteiger partial charge in [-0.3, -0.25) is 4.79 Å². The number of anilines is 1. The number of nitrogens with zero attached hydrogens (tertiary/aromatic N) is 1. The maximum Gasteiger partial charge on any atom is 0.231 e. The molecule has 0 aliphatic carbocycles. The highest BCUT2D eigenvalue weighted by atomic mass is 16.2. The van der Waals surface area contributed by atoms with Crippen LogP contribution >= 0.6 is 0 Å². The molecule has 0 fully saturated rings. The third kappa shape index (κ3) is 2.71. The molecular formula is C14H21N3O. The zero-order valence-corrected chi connectivity index (χ0v) is 10.9. The number of hydrogen-bond donors (Lipinski definition) is 2. The van der Waals surface area contributed by atoms with Crippen molar-refractivity contribution in [3.05, 3.63) is 29.3 Å². The fourth-order valence-corrected chi connectivity index (χ4v) is 2.36. The Kier molecular flexibility index (Phi) is 4.33. The second-order valence-electron chi connectivity index (χ2n) is 4.68. The number of amides is 1. The number of likely N-dealkylation sites (N-methyl/N-ethyl adjacent to an activating group) is 1. The summed E-state index contributed by atoms with van der Waals surface area (Å²) >= 11 is 0. The van der Waals surface area contributed by atoms with E-state index in [0.29, 0.717) is 13.0 Å². The van der Waals surface area contributed by atoms with Crippen LogP contribution in [0.2, 0.25) is 0 Å². The molecule has 1 amide bonds. The number of rotatable bonds is 6. The van der Waals surface area contributed by atoms with Crippen molar-refractivity contribution < 1.29 is 4.79 Å². The Balaban J connectivity index is 2.13. The van der Waals surface area contributed by atoms with E-state index in [2.05, 4.69) is 23.5 Å². The number of benzene rings is 1. The predicted octanol–water partition coefficient (Wildman–Crippen LogP) is 0.686. The summed E-state index contributed by atoms with van der Waals surface area (Å²) < 4.78 is 0. The summed E-state index contributed by atoms with van der Waals surface area (Å²) in [5, 5.41) is 3.14. The average Bonchev–Trinajstić information content (AvgIpc) is 2.68. The van der Waals surface area contributed by atoms with Crippen molar-refractivity contribution in [2.45, 2.75) is 19.3 Å². The van der Waals surface area contributed by atoms with E-state index in [9.17, 15) is 4.79 Å². The van der Waals surface area contributed by atoms with Crippen LogP contribution in [0, 0.1) is 0 Å². The molecule has 98 valence electrons. The lowest BCUT2D eigenvalue weighted by molar-refractivity contribution is -0.117. The first-order valence-corrected chi connectivity index (χ1v) is 6.53. The standard InChI is InChI=1S/C14H21N3O/c1-16-7-5-11-3-4-13-12(9-11)10-14(18)17(13)8-2-6-15/h3-4,9,16H,2,5-8,10,15H2,1H3. The minimum absolute atomic E-state index is 0.198. The molecule has 1 aliphatic rings. The Morgan fingerprint density at radius 2 is 2.28 bits per heavy atom. The third-order valence-corrected chi connectivity index (χ3v) is 3.33. The summed E-state index contributed by atoms with van der Waals surface area (Å²) in [6.07, 6.45) is 2.39. The van der Waals surface area contributed by atoms with Crippen LogP contribution in [0.4, 0.5) is 5.69 Å². The van der Waals surface area contributed by atoms with Crippen molar-refractivity contribution in [1.82, 2.24) is 5.32 Å². The second-order valence-corrected chi connectivity index (χ2v) is 4.68. The molecule has 1 aliphatic heterocycles. The largest absolute Gasteiger partial charge is 0.330 e. The summed E-state index contributed by atoms with van der Waals surface area (Å²) in [5.74, 6) is 0.198. The lowest BCUT2D eigenvalue weighted by Crippen LogP contribution is -2.29. The second kappa shape index (κ2) is 5.98. The molecule has 0 saturated heterocycles. The molecule has 0 atom stereocenters. The van der Waals surface area contributed by atoms with E-state index >= 15 is 0 Å². The maximum absolute atomic E-state index is 11.9. The molecule has 4 heteroatoms. The average molecular weight is 247 g/mol. The van der Waals surface area contributed by atoms with Gasteiger partial charge in [0, 0.05) is 12.2 Å². The first kappa shape index (κ1) is 13.1. The highest BCUT2D eigenvalue weighted by Crippen LogP contribution is 2.29. The molecule has 0 bridgehead atoms. The van der Waals surface area contributed by atoms with Gasteiger partial charge in [0.15, 0.2) is 0 Å². The van der Waals surface area contributed by atoms with Crippen LogP contribution in [0.15, 0.2) is 18.2 Å². The molecule has 2 rings (SSSR count). The van der Waals surface area contributed by atoms with Gasteiger partial charge in [-0.2, -0.15) is 0 Å². The van der Waals surface area contributed by atoms with E-state index < -0.39 is 0 Å². The van der Waals surface area contributed by atoms with Crippen molar-refractivity contribution >= 4 is 11.6 Å². The maximum atomic E-state index is 11.9. The van der Waals surface area contributed by atoms with Gasteiger partial charge in [0.05, 0.1) is 6.42 Å². The van der Waals surface area contributed by atoms with Crippen LogP contribution in [0.5, 0.6) is 0 Å². The Labute approximate surface area is 108 Å². The van der Waals surface area contributed by atoms with Gasteiger partial charge < -0.3 is 16.0 Å². The summed E-state index contributed by atoms with van der Waals surface area (Å²) in [7, 11) is 1.95. The lowest BCUT2D eigenvalue weighted by Gasteiger charge is -2.17. The Bertz CT molecular complexity index is 431. The first-order chi connectivity index (χ1) is 8.76. The fraction of sp³-hybridized carbons (Fsp3) is 0.500. The summed E-state index contributed by atoms with van der Waals surface area (Å²) in [6.45, 7) is 2.32. The lowest BCUT2D eigenvalue weighted by atomic mass is 10.1. The third-order valence-electron chi connectivity index (χ3n) is 3.33. The Morgan fingerprint density at radius 3 is 3.00 bits per heavy atom. The molecule has 3 N–H and O–H groups in total. The van der Waals surface area contributed by atoms with E-state index in [-0.39, 0.29) is 5.91 Å². The number of nitrogens with two attached hydrogens (primary N) is 1. The van der Waals surface area contributed by atoms with Gasteiger partial charge in [0.2, 0.25) is 5.91 Å². The summed E-state index contributed by atoms with van der Waals surface area (Å²) in [5.41, 5.74) is 9.02. The highest BCUT2D eigenvalue weighted by molar-refractivity contribution is 6.01. The molecule has 0 aromatic heterocycles. The van der Waals surface area contributed by atoms with Crippen molar-refractivity contribution in [3.63, 3.8) is 0 Å². The molecule has 1 aromatic carbocycles. The summed E-state index contributed by atoms with van der Waals surface area (Å²) in [6, 6.07) is 6.35. The molecule has 0 saturated carbocycles. The van der Waals surface area contributed by atoms with Crippen LogP contribution in [-0.2, 0) is 17.6 Å². The van der Waals surface area contributed by atoms with Gasteiger partial charge in [0.1, 0.15) is 0 Å². The van der Waals surface area contributed by atoms with Crippen LogP contribution in [0.1, 0.15) is 17.5 Å². The van der Waals surface area contributed by atoms with Crippen molar-refractivity contribution in [1.29, 1.82) is 0 Å². The van der Waals surface area contributed by atoms with E-state index in [4.69, 9.17) is 5.73 Å². The van der Waals surface area contributed by atoms with Crippen LogP contribution in [-0.4, -0.2) is 32.6 Å². The van der Waals surface area contributed by atoms with Crippen molar-refractivity contribution in [2.24, 2.45) is 5.73 Å². The SMILES string of the molecule is CNCCc1ccc2c(c1)CC(=O)N2CCCN. The van der Waals surface area contributed by atoms with Gasteiger partial charge in [-0.1, -0.05) is 12.1 Å². The minimum atomic E-state index is 0.198. The molecule has 4 nitrogen and oxygen atoms in total. The van der Waals surface area contributed by atoms with Crippen molar-refractivity contribution in [2.75, 3.05) is 31.6 Å². The molecule has 1 heterocycles. The van der Waals surface area contributed by atoms with Gasteiger partial charge in [-0.25, -0.2) is 0 Å². The van der Waals surface area contributed by atoms with Crippen LogP contribution < -0.4 is 16.0 Å². The Morgan fingerprint density at radius 1 is 1.44 bits per heavy atom. The smallest absolute Gasteiger partial charge is 0.231 e. The predicted molar refractivity (Wildman–Crippen MR) is 73.8 cm³/mol. The van der Waals surface area contributed by atoms with Gasteiger partial charge in [0.25, 0.3) is 0 Å². The first-order valence-electron chi connectivity index (χ1n) is 6.53. The van der Waals surface area contributed by atoms with Crippen LogP contribution in [0.3, 0.4) is 0 Å². The zero-order valence-electron chi connectivity index (χ0n) is 10.9. The van der Waals surface area contributed by atoms with Gasteiger partial charge in [-0.15, -0.1) is 0 Å². The molecule has 0 spiro atoms. The van der Waals surface area contributed by atoms with E-state index in [0.717, 1.165) is 37.2 Å². The molecule has 0 unspecified atom stereocenters. The topological polar surface area (TPSA) is 58.4 Å². The van der Waals surface area contributed by atoms with E-state index in [1.807, 2.05) is 11.9 Å². The normalized spacial score (nSPS) is 14.1. The molecule has 18 heavy (non-hydrogen) atoms. The number of hydrogen-bond acceptors (Lipinski definition) is 3. The Hall–Kier alpha value is -1.39. The monoisotopic (exact) mass is 247 g/mol. The van der Waals surface area contributed by atoms with Gasteiger partial charge >= 0.3 is 0 Å². The number of carbonyl (C=O) groups excluding carboxylic acids is 1. The van der Waals surface area contributed by atoms with Crippen LogP contribution in [0.25, 0.3) is 0 Å². The quantitative estimate of drug-likeness (QED) is 0.777. The molecule has 1 aromatic rings. The number of nitrogens with one attached hydrogen (secondary N) is 1. The molecule has 0 radical (unpaired) electrons. The highest BCUT2D eigenvalue weighted by Gasteiger charge is 2.26.